The Labute approximate surface area is 94.0 Å². The van der Waals surface area contributed by atoms with Crippen molar-refractivity contribution in [3.05, 3.63) is 15.8 Å². The number of aryl methyl sites for hydroxylation is 2. The lowest BCUT2D eigenvalue weighted by Gasteiger charge is -2.20. The molecule has 0 radical (unpaired) electrons. The van der Waals surface area contributed by atoms with Crippen LogP contribution in [0.3, 0.4) is 0 Å². The van der Waals surface area contributed by atoms with Gasteiger partial charge in [0.05, 0.1) is 4.92 Å². The molecule has 7 nitrogen and oxygen atoms in total. The number of rotatable bonds is 5. The van der Waals surface area contributed by atoms with Crippen molar-refractivity contribution in [3.63, 3.8) is 0 Å². The number of nitrogens with zero attached hydrogens (tertiary/aromatic N) is 4. The van der Waals surface area contributed by atoms with E-state index < -0.39 is 4.92 Å². The maximum Gasteiger partial charge on any atom is 0.333 e. The highest BCUT2D eigenvalue weighted by atomic mass is 16.6. The maximum absolute atomic E-state index is 11.0. The smallest absolute Gasteiger partial charge is 0.333 e. The van der Waals surface area contributed by atoms with Gasteiger partial charge in [0.2, 0.25) is 5.82 Å². The summed E-state index contributed by atoms with van der Waals surface area (Å²) in [5, 5.41) is 15.1. The molecule has 1 aromatic heterocycles. The Bertz CT molecular complexity index is 387. The van der Waals surface area contributed by atoms with Crippen molar-refractivity contribution in [3.8, 4) is 0 Å². The number of anilines is 1. The first kappa shape index (κ1) is 12.4. The Morgan fingerprint density at radius 3 is 2.69 bits per heavy atom. The molecule has 1 heterocycles. The van der Waals surface area contributed by atoms with Crippen molar-refractivity contribution in [2.75, 3.05) is 24.5 Å². The minimum Gasteiger partial charge on any atom is -0.350 e. The van der Waals surface area contributed by atoms with Crippen molar-refractivity contribution in [2.45, 2.75) is 13.8 Å². The second kappa shape index (κ2) is 4.93. The van der Waals surface area contributed by atoms with E-state index in [0.717, 1.165) is 0 Å². The first-order valence-corrected chi connectivity index (χ1v) is 5.15. The molecule has 0 aliphatic carbocycles. The number of nitro groups is 1. The van der Waals surface area contributed by atoms with Crippen LogP contribution in [0.1, 0.15) is 12.6 Å². The van der Waals surface area contributed by atoms with Gasteiger partial charge in [0, 0.05) is 26.7 Å². The molecular formula is C9H17N5O2. The van der Waals surface area contributed by atoms with Gasteiger partial charge in [-0.2, -0.15) is 5.10 Å². The highest BCUT2D eigenvalue weighted by Gasteiger charge is 2.27. The molecule has 0 atom stereocenters. The molecule has 0 saturated carbocycles. The molecule has 0 aliphatic rings. The minimum absolute atomic E-state index is 0.0674. The quantitative estimate of drug-likeness (QED) is 0.581. The van der Waals surface area contributed by atoms with Gasteiger partial charge >= 0.3 is 5.69 Å². The van der Waals surface area contributed by atoms with Gasteiger partial charge in [0.25, 0.3) is 0 Å². The summed E-state index contributed by atoms with van der Waals surface area (Å²) in [5.41, 5.74) is 5.98. The zero-order valence-corrected chi connectivity index (χ0v) is 9.80. The average molecular weight is 227 g/mol. The first-order chi connectivity index (χ1) is 7.52. The summed E-state index contributed by atoms with van der Waals surface area (Å²) in [7, 11) is 1.70. The van der Waals surface area contributed by atoms with E-state index in [1.165, 1.54) is 4.68 Å². The van der Waals surface area contributed by atoms with E-state index in [0.29, 0.717) is 31.1 Å². The fourth-order valence-electron chi connectivity index (χ4n) is 1.77. The van der Waals surface area contributed by atoms with Crippen molar-refractivity contribution in [1.29, 1.82) is 0 Å². The lowest BCUT2D eigenvalue weighted by atomic mass is 10.3. The lowest BCUT2D eigenvalue weighted by Crippen LogP contribution is -2.31. The molecule has 2 N–H and O–H groups in total. The number of hydrogen-bond donors (Lipinski definition) is 1. The van der Waals surface area contributed by atoms with Crippen LogP contribution >= 0.6 is 0 Å². The van der Waals surface area contributed by atoms with E-state index in [2.05, 4.69) is 5.10 Å². The molecule has 0 fully saturated rings. The largest absolute Gasteiger partial charge is 0.350 e. The van der Waals surface area contributed by atoms with Gasteiger partial charge in [-0.25, -0.2) is 4.68 Å². The number of likely N-dealkylation sites (N-methyl/N-ethyl adjacent to an activating group) is 1. The summed E-state index contributed by atoms with van der Waals surface area (Å²) in [6.45, 7) is 5.27. The van der Waals surface area contributed by atoms with Crippen LogP contribution < -0.4 is 10.6 Å². The molecule has 0 bridgehead atoms. The van der Waals surface area contributed by atoms with Gasteiger partial charge in [-0.05, 0) is 13.8 Å². The molecule has 16 heavy (non-hydrogen) atoms. The summed E-state index contributed by atoms with van der Waals surface area (Å²) >= 11 is 0. The van der Waals surface area contributed by atoms with Gasteiger partial charge in [0.15, 0.2) is 0 Å². The summed E-state index contributed by atoms with van der Waals surface area (Å²) in [6, 6.07) is 0. The SMILES string of the molecule is CCN(CCN)c1c([N+](=O)[O-])c(C)nn1C. The van der Waals surface area contributed by atoms with Gasteiger partial charge < -0.3 is 10.6 Å². The highest BCUT2D eigenvalue weighted by Crippen LogP contribution is 2.30. The molecule has 90 valence electrons. The van der Waals surface area contributed by atoms with Crippen molar-refractivity contribution < 1.29 is 4.92 Å². The third kappa shape index (κ3) is 2.13. The second-order valence-electron chi connectivity index (χ2n) is 3.51. The normalized spacial score (nSPS) is 10.5. The van der Waals surface area contributed by atoms with Crippen molar-refractivity contribution in [2.24, 2.45) is 12.8 Å². The Morgan fingerprint density at radius 2 is 2.25 bits per heavy atom. The van der Waals surface area contributed by atoms with Crippen LogP contribution in [0.5, 0.6) is 0 Å². The molecule has 1 rings (SSSR count). The van der Waals surface area contributed by atoms with Crippen LogP contribution in [-0.2, 0) is 7.05 Å². The minimum atomic E-state index is -0.392. The Kier molecular flexibility index (Phi) is 3.83. The van der Waals surface area contributed by atoms with E-state index in [1.807, 2.05) is 11.8 Å². The molecule has 0 aliphatic heterocycles. The Morgan fingerprint density at radius 1 is 1.62 bits per heavy atom. The van der Waals surface area contributed by atoms with Crippen LogP contribution in [0.15, 0.2) is 0 Å². The zero-order chi connectivity index (χ0) is 12.3. The Balaban J connectivity index is 3.24. The predicted molar refractivity (Wildman–Crippen MR) is 61.5 cm³/mol. The number of hydrogen-bond acceptors (Lipinski definition) is 5. The third-order valence-corrected chi connectivity index (χ3v) is 2.42. The van der Waals surface area contributed by atoms with E-state index >= 15 is 0 Å². The van der Waals surface area contributed by atoms with Crippen LogP contribution in [-0.4, -0.2) is 34.3 Å². The topological polar surface area (TPSA) is 90.2 Å². The second-order valence-corrected chi connectivity index (χ2v) is 3.51. The molecule has 7 heteroatoms. The van der Waals surface area contributed by atoms with Crippen LogP contribution in [0.2, 0.25) is 0 Å². The molecule has 0 amide bonds. The summed E-state index contributed by atoms with van der Waals surface area (Å²) in [4.78, 5) is 12.4. The van der Waals surface area contributed by atoms with Crippen molar-refractivity contribution >= 4 is 11.5 Å². The Hall–Kier alpha value is -1.63. The molecule has 0 aromatic carbocycles. The fourth-order valence-corrected chi connectivity index (χ4v) is 1.77. The third-order valence-electron chi connectivity index (χ3n) is 2.42. The van der Waals surface area contributed by atoms with Crippen LogP contribution in [0.4, 0.5) is 11.5 Å². The number of aromatic nitrogens is 2. The monoisotopic (exact) mass is 227 g/mol. The standard InChI is InChI=1S/C9H17N5O2/c1-4-13(6-5-10)9-8(14(15)16)7(2)11-12(9)3/h4-6,10H2,1-3H3. The van der Waals surface area contributed by atoms with Gasteiger partial charge in [-0.1, -0.05) is 0 Å². The molecular weight excluding hydrogens is 210 g/mol. The number of nitrogens with two attached hydrogens (primary N) is 1. The predicted octanol–water partition coefficient (Wildman–Crippen LogP) is 0.422. The molecule has 0 saturated heterocycles. The van der Waals surface area contributed by atoms with E-state index in [4.69, 9.17) is 5.73 Å². The van der Waals surface area contributed by atoms with Crippen LogP contribution in [0, 0.1) is 17.0 Å². The molecule has 1 aromatic rings. The molecule has 0 spiro atoms. The van der Waals surface area contributed by atoms with E-state index in [1.54, 1.807) is 14.0 Å². The highest BCUT2D eigenvalue weighted by molar-refractivity contribution is 5.61. The lowest BCUT2D eigenvalue weighted by molar-refractivity contribution is -0.384. The average Bonchev–Trinajstić information content (AvgIpc) is 2.50. The maximum atomic E-state index is 11.0. The summed E-state index contributed by atoms with van der Waals surface area (Å²) in [5.74, 6) is 0.524. The summed E-state index contributed by atoms with van der Waals surface area (Å²) < 4.78 is 1.53. The summed E-state index contributed by atoms with van der Waals surface area (Å²) in [6.07, 6.45) is 0. The van der Waals surface area contributed by atoms with E-state index in [9.17, 15) is 10.1 Å². The van der Waals surface area contributed by atoms with Gasteiger partial charge in [-0.15, -0.1) is 0 Å². The van der Waals surface area contributed by atoms with Gasteiger partial charge in [0.1, 0.15) is 5.69 Å². The first-order valence-electron chi connectivity index (χ1n) is 5.15. The van der Waals surface area contributed by atoms with E-state index in [-0.39, 0.29) is 5.69 Å². The zero-order valence-electron chi connectivity index (χ0n) is 9.80. The van der Waals surface area contributed by atoms with Crippen molar-refractivity contribution in [1.82, 2.24) is 9.78 Å². The fraction of sp³-hybridized carbons (Fsp3) is 0.667. The van der Waals surface area contributed by atoms with Crippen LogP contribution in [0.25, 0.3) is 0 Å². The molecule has 0 unspecified atom stereocenters. The van der Waals surface area contributed by atoms with Gasteiger partial charge in [-0.3, -0.25) is 10.1 Å².